The highest BCUT2D eigenvalue weighted by molar-refractivity contribution is 7.89. The van der Waals surface area contributed by atoms with Gasteiger partial charge in [0.15, 0.2) is 5.82 Å². The molecular formula is C19H21N3O5S. The van der Waals surface area contributed by atoms with Crippen molar-refractivity contribution in [3.63, 3.8) is 0 Å². The van der Waals surface area contributed by atoms with Crippen molar-refractivity contribution < 1.29 is 22.4 Å². The SMILES string of the molecule is CCOc1ccc(S(=O)(=O)N2CCOC[C@@H]2c2nc(C)no2)c2ccccc12. The lowest BCUT2D eigenvalue weighted by atomic mass is 10.1. The fraction of sp³-hybridized carbons (Fsp3) is 0.368. The van der Waals surface area contributed by atoms with Crippen molar-refractivity contribution in [3.05, 3.63) is 48.1 Å². The number of benzene rings is 2. The van der Waals surface area contributed by atoms with E-state index in [0.717, 1.165) is 5.39 Å². The Bertz CT molecular complexity index is 1100. The van der Waals surface area contributed by atoms with Gasteiger partial charge >= 0.3 is 0 Å². The van der Waals surface area contributed by atoms with Crippen molar-refractivity contribution in [2.75, 3.05) is 26.4 Å². The van der Waals surface area contributed by atoms with Crippen molar-refractivity contribution >= 4 is 20.8 Å². The predicted octanol–water partition coefficient (Wildman–Crippen LogP) is 2.69. The number of nitrogens with zero attached hydrogens (tertiary/aromatic N) is 3. The second-order valence-electron chi connectivity index (χ2n) is 6.43. The normalized spacial score (nSPS) is 18.4. The maximum atomic E-state index is 13.6. The van der Waals surface area contributed by atoms with E-state index in [1.54, 1.807) is 25.1 Å². The van der Waals surface area contributed by atoms with E-state index < -0.39 is 16.1 Å². The van der Waals surface area contributed by atoms with Gasteiger partial charge in [0.05, 0.1) is 24.7 Å². The first-order valence-corrected chi connectivity index (χ1v) is 10.5. The Kier molecular flexibility index (Phi) is 5.05. The van der Waals surface area contributed by atoms with E-state index in [9.17, 15) is 8.42 Å². The zero-order valence-corrected chi connectivity index (χ0v) is 16.5. The minimum Gasteiger partial charge on any atom is -0.493 e. The average molecular weight is 403 g/mol. The second kappa shape index (κ2) is 7.50. The van der Waals surface area contributed by atoms with Crippen LogP contribution in [0.1, 0.15) is 24.7 Å². The molecule has 28 heavy (non-hydrogen) atoms. The highest BCUT2D eigenvalue weighted by Gasteiger charge is 2.39. The third-order valence-corrected chi connectivity index (χ3v) is 6.60. The topological polar surface area (TPSA) is 94.8 Å². The number of sulfonamides is 1. The molecule has 0 unspecified atom stereocenters. The van der Waals surface area contributed by atoms with Crippen LogP contribution in [0, 0.1) is 6.92 Å². The molecule has 1 aliphatic heterocycles. The fourth-order valence-corrected chi connectivity index (χ4v) is 5.14. The molecule has 0 bridgehead atoms. The number of fused-ring (bicyclic) bond motifs is 1. The van der Waals surface area contributed by atoms with Gasteiger partial charge in [-0.2, -0.15) is 9.29 Å². The van der Waals surface area contributed by atoms with E-state index in [2.05, 4.69) is 10.1 Å². The number of aryl methyl sites for hydroxylation is 1. The van der Waals surface area contributed by atoms with Crippen LogP contribution in [0.25, 0.3) is 10.8 Å². The summed E-state index contributed by atoms with van der Waals surface area (Å²) in [4.78, 5) is 4.43. The Morgan fingerprint density at radius 2 is 2.00 bits per heavy atom. The Labute approximate surface area is 163 Å². The van der Waals surface area contributed by atoms with Crippen molar-refractivity contribution in [2.24, 2.45) is 0 Å². The van der Waals surface area contributed by atoms with Crippen LogP contribution in [0.3, 0.4) is 0 Å². The van der Waals surface area contributed by atoms with E-state index in [-0.39, 0.29) is 23.9 Å². The van der Waals surface area contributed by atoms with Crippen LogP contribution in [0.5, 0.6) is 5.75 Å². The minimum absolute atomic E-state index is 0.163. The minimum atomic E-state index is -3.84. The first kappa shape index (κ1) is 18.9. The summed E-state index contributed by atoms with van der Waals surface area (Å²) in [7, 11) is -3.84. The summed E-state index contributed by atoms with van der Waals surface area (Å²) in [6.07, 6.45) is 0. The van der Waals surface area contributed by atoms with Gasteiger partial charge in [-0.1, -0.05) is 29.4 Å². The molecule has 0 saturated carbocycles. The third kappa shape index (κ3) is 3.25. The van der Waals surface area contributed by atoms with Crippen LogP contribution in [-0.4, -0.2) is 49.2 Å². The average Bonchev–Trinajstić information content (AvgIpc) is 3.14. The molecule has 0 radical (unpaired) electrons. The van der Waals surface area contributed by atoms with Crippen molar-refractivity contribution in [3.8, 4) is 5.75 Å². The number of rotatable bonds is 5. The van der Waals surface area contributed by atoms with Gasteiger partial charge in [-0.15, -0.1) is 0 Å². The van der Waals surface area contributed by atoms with E-state index in [4.69, 9.17) is 14.0 Å². The lowest BCUT2D eigenvalue weighted by Gasteiger charge is -2.32. The maximum absolute atomic E-state index is 13.6. The molecule has 1 aliphatic rings. The lowest BCUT2D eigenvalue weighted by molar-refractivity contribution is 0.0203. The number of hydrogen-bond acceptors (Lipinski definition) is 7. The van der Waals surface area contributed by atoms with Crippen LogP contribution < -0.4 is 4.74 Å². The summed E-state index contributed by atoms with van der Waals surface area (Å²) in [5.74, 6) is 1.34. The number of ether oxygens (including phenoxy) is 2. The predicted molar refractivity (Wildman–Crippen MR) is 102 cm³/mol. The Morgan fingerprint density at radius 3 is 2.71 bits per heavy atom. The Hall–Kier alpha value is -2.49. The van der Waals surface area contributed by atoms with Gasteiger partial charge in [-0.05, 0) is 26.0 Å². The fourth-order valence-electron chi connectivity index (χ4n) is 3.40. The molecule has 3 aromatic rings. The van der Waals surface area contributed by atoms with Gasteiger partial charge in [-0.3, -0.25) is 0 Å². The molecule has 1 aromatic heterocycles. The quantitative estimate of drug-likeness (QED) is 0.646. The van der Waals surface area contributed by atoms with E-state index >= 15 is 0 Å². The molecule has 2 heterocycles. The number of morpholine rings is 1. The van der Waals surface area contributed by atoms with E-state index in [0.29, 0.717) is 30.2 Å². The standard InChI is InChI=1S/C19H21N3O5S/c1-3-26-17-8-9-18(15-7-5-4-6-14(15)17)28(23,24)22-10-11-25-12-16(22)19-20-13(2)21-27-19/h4-9,16H,3,10-12H2,1-2H3/t16-/m1/s1. The molecule has 4 rings (SSSR count). The number of aromatic nitrogens is 2. The molecule has 1 saturated heterocycles. The summed E-state index contributed by atoms with van der Waals surface area (Å²) in [6, 6.07) is 9.95. The largest absolute Gasteiger partial charge is 0.493 e. The van der Waals surface area contributed by atoms with Crippen LogP contribution >= 0.6 is 0 Å². The van der Waals surface area contributed by atoms with Gasteiger partial charge in [0.25, 0.3) is 0 Å². The van der Waals surface area contributed by atoms with Crippen LogP contribution in [-0.2, 0) is 14.8 Å². The molecule has 0 spiro atoms. The second-order valence-corrected chi connectivity index (χ2v) is 8.29. The summed E-state index contributed by atoms with van der Waals surface area (Å²) < 4.78 is 45.0. The molecule has 1 fully saturated rings. The highest BCUT2D eigenvalue weighted by atomic mass is 32.2. The number of hydrogen-bond donors (Lipinski definition) is 0. The summed E-state index contributed by atoms with van der Waals surface area (Å²) in [6.45, 7) is 4.75. The van der Waals surface area contributed by atoms with Crippen molar-refractivity contribution in [1.29, 1.82) is 0 Å². The first-order chi connectivity index (χ1) is 13.5. The monoisotopic (exact) mass is 403 g/mol. The highest BCUT2D eigenvalue weighted by Crippen LogP contribution is 2.36. The van der Waals surface area contributed by atoms with Gasteiger partial charge < -0.3 is 14.0 Å². The zero-order chi connectivity index (χ0) is 19.7. The summed E-state index contributed by atoms with van der Waals surface area (Å²) in [5.41, 5.74) is 0. The molecule has 148 valence electrons. The smallest absolute Gasteiger partial charge is 0.247 e. The third-order valence-electron chi connectivity index (χ3n) is 4.64. The molecule has 1 atom stereocenters. The molecule has 9 heteroatoms. The molecule has 0 N–H and O–H groups in total. The lowest BCUT2D eigenvalue weighted by Crippen LogP contribution is -2.43. The Morgan fingerprint density at radius 1 is 1.21 bits per heavy atom. The molecule has 2 aromatic carbocycles. The van der Waals surface area contributed by atoms with Crippen LogP contribution in [0.15, 0.2) is 45.8 Å². The van der Waals surface area contributed by atoms with Crippen molar-refractivity contribution in [2.45, 2.75) is 24.8 Å². The molecule has 0 amide bonds. The Balaban J connectivity index is 1.82. The van der Waals surface area contributed by atoms with Crippen molar-refractivity contribution in [1.82, 2.24) is 14.4 Å². The van der Waals surface area contributed by atoms with Gasteiger partial charge in [0.2, 0.25) is 15.9 Å². The maximum Gasteiger partial charge on any atom is 0.247 e. The molecule has 8 nitrogen and oxygen atoms in total. The first-order valence-electron chi connectivity index (χ1n) is 9.06. The van der Waals surface area contributed by atoms with E-state index in [1.165, 1.54) is 4.31 Å². The molecular weight excluding hydrogens is 382 g/mol. The van der Waals surface area contributed by atoms with Gasteiger partial charge in [-0.25, -0.2) is 8.42 Å². The van der Waals surface area contributed by atoms with E-state index in [1.807, 2.05) is 25.1 Å². The van der Waals surface area contributed by atoms with Crippen LogP contribution in [0.4, 0.5) is 0 Å². The zero-order valence-electron chi connectivity index (χ0n) is 15.7. The molecule has 0 aliphatic carbocycles. The summed E-state index contributed by atoms with van der Waals surface area (Å²) >= 11 is 0. The van der Waals surface area contributed by atoms with Gasteiger partial charge in [0.1, 0.15) is 11.8 Å². The van der Waals surface area contributed by atoms with Crippen LogP contribution in [0.2, 0.25) is 0 Å². The summed E-state index contributed by atoms with van der Waals surface area (Å²) in [5, 5.41) is 5.15. The van der Waals surface area contributed by atoms with Gasteiger partial charge in [0, 0.05) is 17.3 Å².